The van der Waals surface area contributed by atoms with Gasteiger partial charge < -0.3 is 10.6 Å². The molecular formula is C16H23BrN2O. The van der Waals surface area contributed by atoms with Gasteiger partial charge in [-0.1, -0.05) is 41.4 Å². The average molecular weight is 339 g/mol. The van der Waals surface area contributed by atoms with Crippen LogP contribution in [-0.2, 0) is 4.79 Å². The molecule has 1 fully saturated rings. The smallest absolute Gasteiger partial charge is 0.228 e. The predicted octanol–water partition coefficient (Wildman–Crippen LogP) is 3.41. The van der Waals surface area contributed by atoms with Gasteiger partial charge in [0.2, 0.25) is 5.91 Å². The lowest BCUT2D eigenvalue weighted by Crippen LogP contribution is -2.43. The molecule has 1 saturated heterocycles. The number of carbonyl (C=O) groups is 1. The summed E-state index contributed by atoms with van der Waals surface area (Å²) in [5, 5.41) is 6.52. The standard InChI is InChI=1S/C16H23BrN2O/c1-3-8-16(9-10-18-11-16)15(20)19-12(2)13-4-6-14(17)7-5-13/h4-7,12,18H,3,8-11H2,1-2H3,(H,19,20)/t12-,16?/m1/s1. The molecule has 0 saturated carbocycles. The minimum absolute atomic E-state index is 0.0462. The van der Waals surface area contributed by atoms with Gasteiger partial charge in [-0.05, 0) is 44.0 Å². The fourth-order valence-corrected chi connectivity index (χ4v) is 3.19. The van der Waals surface area contributed by atoms with Crippen molar-refractivity contribution in [3.05, 3.63) is 34.3 Å². The first-order valence-corrected chi connectivity index (χ1v) is 8.14. The molecule has 2 rings (SSSR count). The number of amides is 1. The van der Waals surface area contributed by atoms with E-state index in [1.165, 1.54) is 0 Å². The molecule has 1 unspecified atom stereocenters. The first-order chi connectivity index (χ1) is 9.57. The fourth-order valence-electron chi connectivity index (χ4n) is 2.93. The summed E-state index contributed by atoms with van der Waals surface area (Å²) in [6, 6.07) is 8.17. The van der Waals surface area contributed by atoms with Crippen LogP contribution in [0.25, 0.3) is 0 Å². The lowest BCUT2D eigenvalue weighted by molar-refractivity contribution is -0.131. The van der Waals surface area contributed by atoms with Gasteiger partial charge in [0.15, 0.2) is 0 Å². The lowest BCUT2D eigenvalue weighted by Gasteiger charge is -2.28. The van der Waals surface area contributed by atoms with E-state index in [0.717, 1.165) is 42.4 Å². The van der Waals surface area contributed by atoms with E-state index in [0.29, 0.717) is 0 Å². The summed E-state index contributed by atoms with van der Waals surface area (Å²) in [6.07, 6.45) is 2.94. The van der Waals surface area contributed by atoms with Crippen LogP contribution in [0.3, 0.4) is 0 Å². The number of hydrogen-bond donors (Lipinski definition) is 2. The van der Waals surface area contributed by atoms with E-state index < -0.39 is 0 Å². The molecule has 1 amide bonds. The van der Waals surface area contributed by atoms with Crippen molar-refractivity contribution in [1.29, 1.82) is 0 Å². The monoisotopic (exact) mass is 338 g/mol. The molecule has 3 nitrogen and oxygen atoms in total. The first kappa shape index (κ1) is 15.5. The van der Waals surface area contributed by atoms with E-state index in [2.05, 4.69) is 45.6 Å². The van der Waals surface area contributed by atoms with Crippen LogP contribution in [0.15, 0.2) is 28.7 Å². The van der Waals surface area contributed by atoms with E-state index in [4.69, 9.17) is 0 Å². The van der Waals surface area contributed by atoms with Crippen molar-refractivity contribution in [3.63, 3.8) is 0 Å². The van der Waals surface area contributed by atoms with E-state index in [-0.39, 0.29) is 17.4 Å². The maximum Gasteiger partial charge on any atom is 0.228 e. The van der Waals surface area contributed by atoms with E-state index >= 15 is 0 Å². The van der Waals surface area contributed by atoms with Crippen molar-refractivity contribution >= 4 is 21.8 Å². The summed E-state index contributed by atoms with van der Waals surface area (Å²) in [5.74, 6) is 0.194. The zero-order chi connectivity index (χ0) is 14.6. The molecule has 1 heterocycles. The van der Waals surface area contributed by atoms with Crippen molar-refractivity contribution in [3.8, 4) is 0 Å². The second-order valence-corrected chi connectivity index (χ2v) is 6.62. The van der Waals surface area contributed by atoms with Crippen LogP contribution in [0.5, 0.6) is 0 Å². The molecule has 110 valence electrons. The van der Waals surface area contributed by atoms with Crippen LogP contribution in [0.2, 0.25) is 0 Å². The van der Waals surface area contributed by atoms with Gasteiger partial charge in [-0.15, -0.1) is 0 Å². The number of benzene rings is 1. The highest BCUT2D eigenvalue weighted by Gasteiger charge is 2.40. The highest BCUT2D eigenvalue weighted by molar-refractivity contribution is 9.10. The predicted molar refractivity (Wildman–Crippen MR) is 85.5 cm³/mol. The summed E-state index contributed by atoms with van der Waals surface area (Å²) in [4.78, 5) is 12.6. The Balaban J connectivity index is 2.04. The summed E-state index contributed by atoms with van der Waals surface area (Å²) in [6.45, 7) is 5.94. The van der Waals surface area contributed by atoms with Crippen molar-refractivity contribution in [2.45, 2.75) is 39.2 Å². The van der Waals surface area contributed by atoms with Crippen molar-refractivity contribution in [2.75, 3.05) is 13.1 Å². The highest BCUT2D eigenvalue weighted by atomic mass is 79.9. The molecular weight excluding hydrogens is 316 g/mol. The molecule has 20 heavy (non-hydrogen) atoms. The molecule has 0 aromatic heterocycles. The van der Waals surface area contributed by atoms with Crippen LogP contribution in [0.1, 0.15) is 44.7 Å². The first-order valence-electron chi connectivity index (χ1n) is 7.34. The molecule has 0 radical (unpaired) electrons. The molecule has 0 spiro atoms. The van der Waals surface area contributed by atoms with Gasteiger partial charge in [0.1, 0.15) is 0 Å². The molecule has 1 aromatic rings. The Labute approximate surface area is 129 Å². The van der Waals surface area contributed by atoms with Crippen LogP contribution in [0.4, 0.5) is 0 Å². The zero-order valence-electron chi connectivity index (χ0n) is 12.2. The second kappa shape index (κ2) is 6.72. The van der Waals surface area contributed by atoms with Crippen LogP contribution in [-0.4, -0.2) is 19.0 Å². The Morgan fingerprint density at radius 1 is 1.45 bits per heavy atom. The molecule has 2 N–H and O–H groups in total. The third-order valence-electron chi connectivity index (χ3n) is 4.17. The third kappa shape index (κ3) is 3.41. The summed E-state index contributed by atoms with van der Waals surface area (Å²) in [7, 11) is 0. The number of nitrogens with one attached hydrogen (secondary N) is 2. The third-order valence-corrected chi connectivity index (χ3v) is 4.70. The fraction of sp³-hybridized carbons (Fsp3) is 0.562. The Bertz CT molecular complexity index is 452. The Kier molecular flexibility index (Phi) is 5.22. The van der Waals surface area contributed by atoms with Crippen LogP contribution >= 0.6 is 15.9 Å². The normalized spacial score (nSPS) is 23.6. The molecule has 0 aliphatic carbocycles. The van der Waals surface area contributed by atoms with Gasteiger partial charge in [0, 0.05) is 11.0 Å². The zero-order valence-corrected chi connectivity index (χ0v) is 13.8. The topological polar surface area (TPSA) is 41.1 Å². The minimum Gasteiger partial charge on any atom is -0.349 e. The van der Waals surface area contributed by atoms with E-state index in [1.807, 2.05) is 19.1 Å². The number of rotatable bonds is 5. The largest absolute Gasteiger partial charge is 0.349 e. The number of hydrogen-bond acceptors (Lipinski definition) is 2. The van der Waals surface area contributed by atoms with Crippen molar-refractivity contribution in [2.24, 2.45) is 5.41 Å². The minimum atomic E-state index is -0.210. The Morgan fingerprint density at radius 2 is 2.15 bits per heavy atom. The van der Waals surface area contributed by atoms with Crippen LogP contribution in [0, 0.1) is 5.41 Å². The lowest BCUT2D eigenvalue weighted by atomic mass is 9.81. The molecule has 1 aliphatic heterocycles. The quantitative estimate of drug-likeness (QED) is 0.863. The Hall–Kier alpha value is -0.870. The van der Waals surface area contributed by atoms with Gasteiger partial charge in [0.25, 0.3) is 0 Å². The van der Waals surface area contributed by atoms with Gasteiger partial charge in [-0.25, -0.2) is 0 Å². The summed E-state index contributed by atoms with van der Waals surface area (Å²) >= 11 is 3.43. The van der Waals surface area contributed by atoms with E-state index in [9.17, 15) is 4.79 Å². The highest BCUT2D eigenvalue weighted by Crippen LogP contribution is 2.32. The van der Waals surface area contributed by atoms with Gasteiger partial charge in [-0.3, -0.25) is 4.79 Å². The molecule has 2 atom stereocenters. The van der Waals surface area contributed by atoms with E-state index in [1.54, 1.807) is 0 Å². The van der Waals surface area contributed by atoms with Gasteiger partial charge in [-0.2, -0.15) is 0 Å². The summed E-state index contributed by atoms with van der Waals surface area (Å²) in [5.41, 5.74) is 0.928. The molecule has 1 aliphatic rings. The van der Waals surface area contributed by atoms with Gasteiger partial charge in [0.05, 0.1) is 11.5 Å². The van der Waals surface area contributed by atoms with Gasteiger partial charge >= 0.3 is 0 Å². The van der Waals surface area contributed by atoms with Crippen LogP contribution < -0.4 is 10.6 Å². The maximum absolute atomic E-state index is 12.6. The average Bonchev–Trinajstić information content (AvgIpc) is 2.89. The number of halogens is 1. The Morgan fingerprint density at radius 3 is 2.70 bits per heavy atom. The van der Waals surface area contributed by atoms with Crippen molar-refractivity contribution < 1.29 is 4.79 Å². The second-order valence-electron chi connectivity index (χ2n) is 5.70. The SMILES string of the molecule is CCCC1(C(=O)N[C@H](C)c2ccc(Br)cc2)CCNC1. The van der Waals surface area contributed by atoms with Crippen molar-refractivity contribution in [1.82, 2.24) is 10.6 Å². The molecule has 1 aromatic carbocycles. The molecule has 4 heteroatoms. The maximum atomic E-state index is 12.6. The molecule has 0 bridgehead atoms. The number of carbonyl (C=O) groups excluding carboxylic acids is 1. The summed E-state index contributed by atoms with van der Waals surface area (Å²) < 4.78 is 1.06.